The molecule has 0 N–H and O–H groups in total. The standard InChI is InChI=1S/C23H24N2O4S/c1-16-4-3-5-18(12-16)28-11-9-25-20-13-17(6-7-21(20)29-14-23(25)26)19-15-30-22(24-19)8-10-27-2/h3-7,12-13,15H,8-11,14H2,1-2H3. The van der Waals surface area contributed by atoms with Gasteiger partial charge in [-0.1, -0.05) is 12.1 Å². The van der Waals surface area contributed by atoms with Crippen LogP contribution in [0.15, 0.2) is 47.8 Å². The van der Waals surface area contributed by atoms with E-state index in [0.29, 0.717) is 25.5 Å². The van der Waals surface area contributed by atoms with Gasteiger partial charge in [0, 0.05) is 24.5 Å². The van der Waals surface area contributed by atoms with Crippen molar-refractivity contribution in [2.24, 2.45) is 0 Å². The monoisotopic (exact) mass is 424 g/mol. The van der Waals surface area contributed by atoms with Gasteiger partial charge in [-0.05, 0) is 42.8 Å². The Balaban J connectivity index is 1.50. The van der Waals surface area contributed by atoms with Crippen LogP contribution in [0, 0.1) is 6.92 Å². The minimum Gasteiger partial charge on any atom is -0.492 e. The number of benzene rings is 2. The van der Waals surface area contributed by atoms with Gasteiger partial charge in [-0.15, -0.1) is 11.3 Å². The lowest BCUT2D eigenvalue weighted by molar-refractivity contribution is -0.121. The number of hydrogen-bond acceptors (Lipinski definition) is 6. The van der Waals surface area contributed by atoms with E-state index in [0.717, 1.165) is 39.7 Å². The topological polar surface area (TPSA) is 60.9 Å². The SMILES string of the molecule is COCCc1nc(-c2ccc3c(c2)N(CCOc2cccc(C)c2)C(=O)CO3)cs1. The van der Waals surface area contributed by atoms with E-state index >= 15 is 0 Å². The van der Waals surface area contributed by atoms with Crippen LogP contribution < -0.4 is 14.4 Å². The summed E-state index contributed by atoms with van der Waals surface area (Å²) in [6.45, 7) is 3.55. The Hall–Kier alpha value is -2.90. The van der Waals surface area contributed by atoms with Crippen molar-refractivity contribution in [1.82, 2.24) is 4.98 Å². The molecule has 0 fully saturated rings. The lowest BCUT2D eigenvalue weighted by atomic mass is 10.1. The van der Waals surface area contributed by atoms with Gasteiger partial charge in [0.2, 0.25) is 0 Å². The van der Waals surface area contributed by atoms with Crippen molar-refractivity contribution in [3.05, 3.63) is 58.4 Å². The average molecular weight is 425 g/mol. The Morgan fingerprint density at radius 1 is 1.20 bits per heavy atom. The first-order chi connectivity index (χ1) is 14.6. The Kier molecular flexibility index (Phi) is 6.30. The molecule has 0 saturated heterocycles. The molecule has 30 heavy (non-hydrogen) atoms. The van der Waals surface area contributed by atoms with Crippen LogP contribution in [0.4, 0.5) is 5.69 Å². The zero-order chi connectivity index (χ0) is 20.9. The van der Waals surface area contributed by atoms with Crippen LogP contribution in [0.2, 0.25) is 0 Å². The van der Waals surface area contributed by atoms with Gasteiger partial charge in [-0.25, -0.2) is 4.98 Å². The molecular formula is C23H24N2O4S. The van der Waals surface area contributed by atoms with Crippen LogP contribution in [0.25, 0.3) is 11.3 Å². The largest absolute Gasteiger partial charge is 0.492 e. The number of anilines is 1. The van der Waals surface area contributed by atoms with Gasteiger partial charge < -0.3 is 19.1 Å². The first-order valence-corrected chi connectivity index (χ1v) is 10.7. The van der Waals surface area contributed by atoms with Gasteiger partial charge in [0.1, 0.15) is 18.1 Å². The van der Waals surface area contributed by atoms with Gasteiger partial charge in [-0.3, -0.25) is 4.79 Å². The van der Waals surface area contributed by atoms with Crippen LogP contribution in [-0.2, 0) is 16.0 Å². The molecule has 6 nitrogen and oxygen atoms in total. The maximum atomic E-state index is 12.5. The third-order valence-corrected chi connectivity index (χ3v) is 5.75. The van der Waals surface area contributed by atoms with Gasteiger partial charge in [-0.2, -0.15) is 0 Å². The van der Waals surface area contributed by atoms with Gasteiger partial charge >= 0.3 is 0 Å². The highest BCUT2D eigenvalue weighted by molar-refractivity contribution is 7.09. The Labute approximate surface area is 180 Å². The second-order valence-electron chi connectivity index (χ2n) is 7.05. The van der Waals surface area contributed by atoms with E-state index in [4.69, 9.17) is 19.2 Å². The molecule has 7 heteroatoms. The van der Waals surface area contributed by atoms with Crippen LogP contribution in [-0.4, -0.2) is 44.4 Å². The van der Waals surface area contributed by atoms with Crippen molar-refractivity contribution in [3.8, 4) is 22.8 Å². The number of methoxy groups -OCH3 is 1. The molecule has 2 aromatic carbocycles. The number of fused-ring (bicyclic) bond motifs is 1. The number of carbonyl (C=O) groups is 1. The molecule has 0 unspecified atom stereocenters. The minimum absolute atomic E-state index is 0.0364. The third-order valence-electron chi connectivity index (χ3n) is 4.84. The summed E-state index contributed by atoms with van der Waals surface area (Å²) in [6.07, 6.45) is 0.788. The van der Waals surface area contributed by atoms with Crippen molar-refractivity contribution < 1.29 is 19.0 Å². The smallest absolute Gasteiger partial charge is 0.265 e. The number of nitrogens with zero attached hydrogens (tertiary/aromatic N) is 2. The summed E-state index contributed by atoms with van der Waals surface area (Å²) in [5.41, 5.74) is 3.74. The maximum Gasteiger partial charge on any atom is 0.265 e. The fourth-order valence-corrected chi connectivity index (χ4v) is 4.10. The van der Waals surface area contributed by atoms with Crippen molar-refractivity contribution in [1.29, 1.82) is 0 Å². The number of amides is 1. The molecule has 4 rings (SSSR count). The first kappa shape index (κ1) is 20.4. The lowest BCUT2D eigenvalue weighted by Crippen LogP contribution is -2.41. The summed E-state index contributed by atoms with van der Waals surface area (Å²) in [5.74, 6) is 1.42. The first-order valence-electron chi connectivity index (χ1n) is 9.84. The summed E-state index contributed by atoms with van der Waals surface area (Å²) in [4.78, 5) is 19.0. The Morgan fingerprint density at radius 3 is 2.93 bits per heavy atom. The molecule has 0 spiro atoms. The van der Waals surface area contributed by atoms with E-state index in [9.17, 15) is 4.79 Å². The van der Waals surface area contributed by atoms with E-state index in [1.807, 2.05) is 54.8 Å². The van der Waals surface area contributed by atoms with Crippen molar-refractivity contribution in [2.75, 3.05) is 38.4 Å². The number of hydrogen-bond donors (Lipinski definition) is 0. The Morgan fingerprint density at radius 2 is 2.10 bits per heavy atom. The van der Waals surface area contributed by atoms with E-state index in [1.54, 1.807) is 23.3 Å². The fourth-order valence-electron chi connectivity index (χ4n) is 3.31. The van der Waals surface area contributed by atoms with Crippen molar-refractivity contribution in [2.45, 2.75) is 13.3 Å². The second-order valence-corrected chi connectivity index (χ2v) is 7.99. The normalized spacial score (nSPS) is 13.1. The van der Waals surface area contributed by atoms with E-state index in [-0.39, 0.29) is 12.5 Å². The molecule has 3 aromatic rings. The molecular weight excluding hydrogens is 400 g/mol. The summed E-state index contributed by atoms with van der Waals surface area (Å²) < 4.78 is 16.6. The number of aryl methyl sites for hydroxylation is 1. The predicted octanol–water partition coefficient (Wildman–Crippen LogP) is 4.11. The Bertz CT molecular complexity index is 1030. The molecule has 0 aliphatic carbocycles. The average Bonchev–Trinajstić information content (AvgIpc) is 3.22. The quantitative estimate of drug-likeness (QED) is 0.545. The van der Waals surface area contributed by atoms with E-state index < -0.39 is 0 Å². The highest BCUT2D eigenvalue weighted by atomic mass is 32.1. The van der Waals surface area contributed by atoms with Gasteiger partial charge in [0.15, 0.2) is 6.61 Å². The highest BCUT2D eigenvalue weighted by Gasteiger charge is 2.26. The molecule has 0 saturated carbocycles. The van der Waals surface area contributed by atoms with Crippen LogP contribution >= 0.6 is 11.3 Å². The molecule has 1 aromatic heterocycles. The number of thiazole rings is 1. The lowest BCUT2D eigenvalue weighted by Gasteiger charge is -2.29. The zero-order valence-corrected chi connectivity index (χ0v) is 17.9. The number of rotatable bonds is 8. The van der Waals surface area contributed by atoms with Gasteiger partial charge in [0.05, 0.1) is 29.5 Å². The molecule has 1 aliphatic rings. The zero-order valence-electron chi connectivity index (χ0n) is 17.1. The molecule has 0 bridgehead atoms. The van der Waals surface area contributed by atoms with Crippen LogP contribution in [0.3, 0.4) is 0 Å². The minimum atomic E-state index is -0.0773. The second kappa shape index (κ2) is 9.28. The summed E-state index contributed by atoms with van der Waals surface area (Å²) in [6, 6.07) is 13.7. The molecule has 2 heterocycles. The number of aromatic nitrogens is 1. The third kappa shape index (κ3) is 4.63. The number of ether oxygens (including phenoxy) is 3. The molecule has 0 radical (unpaired) electrons. The number of carbonyl (C=O) groups excluding carboxylic acids is 1. The van der Waals surface area contributed by atoms with E-state index in [2.05, 4.69) is 0 Å². The van der Waals surface area contributed by atoms with Crippen LogP contribution in [0.5, 0.6) is 11.5 Å². The van der Waals surface area contributed by atoms with E-state index in [1.165, 1.54) is 0 Å². The van der Waals surface area contributed by atoms with Crippen LogP contribution in [0.1, 0.15) is 10.6 Å². The predicted molar refractivity (Wildman–Crippen MR) is 118 cm³/mol. The summed E-state index contributed by atoms with van der Waals surface area (Å²) >= 11 is 1.61. The molecule has 156 valence electrons. The fraction of sp³-hybridized carbons (Fsp3) is 0.304. The molecule has 1 aliphatic heterocycles. The van der Waals surface area contributed by atoms with Gasteiger partial charge in [0.25, 0.3) is 5.91 Å². The van der Waals surface area contributed by atoms with Crippen molar-refractivity contribution >= 4 is 22.9 Å². The molecule has 1 amide bonds. The maximum absolute atomic E-state index is 12.5. The molecule has 0 atom stereocenters. The summed E-state index contributed by atoms with van der Waals surface area (Å²) in [7, 11) is 1.69. The summed E-state index contributed by atoms with van der Waals surface area (Å²) in [5, 5.41) is 3.06. The van der Waals surface area contributed by atoms with Crippen molar-refractivity contribution in [3.63, 3.8) is 0 Å². The highest BCUT2D eigenvalue weighted by Crippen LogP contribution is 2.36.